The summed E-state index contributed by atoms with van der Waals surface area (Å²) in [6.07, 6.45) is 5.13. The van der Waals surface area contributed by atoms with Crippen LogP contribution in [0.25, 0.3) is 0 Å². The molecule has 0 saturated carbocycles. The fourth-order valence-electron chi connectivity index (χ4n) is 4.75. The van der Waals surface area contributed by atoms with Crippen molar-refractivity contribution in [3.8, 4) is 6.07 Å². The van der Waals surface area contributed by atoms with Gasteiger partial charge in [-0.1, -0.05) is 0 Å². The Kier molecular flexibility index (Phi) is 6.05. The molecule has 0 aliphatic carbocycles. The molecule has 2 atom stereocenters. The zero-order valence-electron chi connectivity index (χ0n) is 16.2. The summed E-state index contributed by atoms with van der Waals surface area (Å²) in [6, 6.07) is 11.2. The highest BCUT2D eigenvalue weighted by atomic mass is 32.2. The fraction of sp³-hybridized carbons (Fsp3) is 0.667. The Morgan fingerprint density at radius 1 is 1.15 bits per heavy atom. The number of nitrogens with zero attached hydrogens (tertiary/aromatic N) is 3. The highest BCUT2D eigenvalue weighted by molar-refractivity contribution is 7.97. The van der Waals surface area contributed by atoms with Gasteiger partial charge in [0.25, 0.3) is 0 Å². The number of benzene rings is 1. The third-order valence-electron chi connectivity index (χ3n) is 6.58. The maximum atomic E-state index is 8.93. The number of nitrogens with one attached hydrogen (secondary N) is 1. The number of hydrogen-bond acceptors (Lipinski definition) is 6. The zero-order valence-corrected chi connectivity index (χ0v) is 17.0. The average Bonchev–Trinajstić information content (AvgIpc) is 3.14. The minimum atomic E-state index is 0.506. The first-order chi connectivity index (χ1) is 13.2. The van der Waals surface area contributed by atoms with Crippen molar-refractivity contribution in [3.05, 3.63) is 29.8 Å². The van der Waals surface area contributed by atoms with Gasteiger partial charge in [-0.2, -0.15) is 5.26 Å². The smallest absolute Gasteiger partial charge is 0.0991 e. The molecule has 27 heavy (non-hydrogen) atoms. The second kappa shape index (κ2) is 8.50. The van der Waals surface area contributed by atoms with Crippen molar-refractivity contribution in [2.75, 3.05) is 46.4 Å². The number of hydrogen-bond donors (Lipinski definition) is 1. The number of nitriles is 1. The van der Waals surface area contributed by atoms with Crippen molar-refractivity contribution >= 4 is 11.9 Å². The topological polar surface area (TPSA) is 51.5 Å². The van der Waals surface area contributed by atoms with Gasteiger partial charge in [0.15, 0.2) is 0 Å². The lowest BCUT2D eigenvalue weighted by molar-refractivity contribution is 0.00306. The molecule has 6 heteroatoms. The molecule has 1 aromatic rings. The summed E-state index contributed by atoms with van der Waals surface area (Å²) in [5, 5.41) is 12.3. The van der Waals surface area contributed by atoms with Gasteiger partial charge in [-0.25, -0.2) is 4.31 Å². The number of ether oxygens (including phenoxy) is 1. The summed E-state index contributed by atoms with van der Waals surface area (Å²) in [7, 11) is 2.04. The van der Waals surface area contributed by atoms with Crippen LogP contribution in [0.5, 0.6) is 0 Å². The van der Waals surface area contributed by atoms with Crippen molar-refractivity contribution in [2.45, 2.75) is 42.7 Å². The molecule has 3 saturated heterocycles. The first-order valence-corrected chi connectivity index (χ1v) is 10.9. The molecule has 1 spiro atoms. The Morgan fingerprint density at radius 2 is 1.89 bits per heavy atom. The lowest BCUT2D eigenvalue weighted by Crippen LogP contribution is -2.49. The molecule has 1 N–H and O–H groups in total. The molecular weight excluding hydrogens is 356 g/mol. The first kappa shape index (κ1) is 19.2. The minimum Gasteiger partial charge on any atom is -0.378 e. The van der Waals surface area contributed by atoms with Crippen LogP contribution in [0.1, 0.15) is 31.2 Å². The first-order valence-electron chi connectivity index (χ1n) is 10.1. The van der Waals surface area contributed by atoms with E-state index in [9.17, 15) is 0 Å². The Morgan fingerprint density at radius 3 is 2.59 bits per heavy atom. The van der Waals surface area contributed by atoms with E-state index >= 15 is 0 Å². The molecule has 146 valence electrons. The van der Waals surface area contributed by atoms with E-state index in [0.717, 1.165) is 31.9 Å². The Bertz CT molecular complexity index is 666. The van der Waals surface area contributed by atoms with Crippen LogP contribution < -0.4 is 5.32 Å². The maximum Gasteiger partial charge on any atom is 0.0991 e. The van der Waals surface area contributed by atoms with E-state index in [4.69, 9.17) is 10.00 Å². The number of likely N-dealkylation sites (tertiary alicyclic amines) is 1. The van der Waals surface area contributed by atoms with Crippen LogP contribution >= 0.6 is 11.9 Å². The van der Waals surface area contributed by atoms with Gasteiger partial charge in [0.2, 0.25) is 0 Å². The minimum absolute atomic E-state index is 0.506. The predicted molar refractivity (Wildman–Crippen MR) is 109 cm³/mol. The van der Waals surface area contributed by atoms with Crippen LogP contribution in [0.15, 0.2) is 29.2 Å². The number of rotatable bonds is 4. The van der Waals surface area contributed by atoms with Crippen LogP contribution in [-0.2, 0) is 4.74 Å². The molecule has 5 nitrogen and oxygen atoms in total. The third-order valence-corrected chi connectivity index (χ3v) is 7.69. The Labute approximate surface area is 167 Å². The van der Waals surface area contributed by atoms with Crippen molar-refractivity contribution < 1.29 is 4.74 Å². The molecule has 0 bridgehead atoms. The van der Waals surface area contributed by atoms with Gasteiger partial charge in [-0.15, -0.1) is 0 Å². The molecule has 3 fully saturated rings. The van der Waals surface area contributed by atoms with E-state index in [1.807, 2.05) is 31.1 Å². The van der Waals surface area contributed by atoms with Crippen LogP contribution in [-0.4, -0.2) is 67.7 Å². The largest absolute Gasteiger partial charge is 0.378 e. The van der Waals surface area contributed by atoms with Gasteiger partial charge in [0.1, 0.15) is 0 Å². The van der Waals surface area contributed by atoms with E-state index in [2.05, 4.69) is 32.7 Å². The monoisotopic (exact) mass is 386 g/mol. The Hall–Kier alpha value is -1.10. The van der Waals surface area contributed by atoms with Gasteiger partial charge >= 0.3 is 0 Å². The van der Waals surface area contributed by atoms with Crippen molar-refractivity contribution in [3.63, 3.8) is 0 Å². The predicted octanol–water partition coefficient (Wildman–Crippen LogP) is 2.73. The summed E-state index contributed by atoms with van der Waals surface area (Å²) in [5.74, 6) is 0. The van der Waals surface area contributed by atoms with Gasteiger partial charge in [0, 0.05) is 36.6 Å². The number of piperidine rings is 1. The Balaban J connectivity index is 1.28. The molecule has 0 amide bonds. The van der Waals surface area contributed by atoms with Crippen molar-refractivity contribution in [2.24, 2.45) is 5.41 Å². The highest BCUT2D eigenvalue weighted by Crippen LogP contribution is 2.43. The van der Waals surface area contributed by atoms with Gasteiger partial charge in [-0.05, 0) is 80.9 Å². The summed E-state index contributed by atoms with van der Waals surface area (Å²) in [6.45, 7) is 6.53. The highest BCUT2D eigenvalue weighted by Gasteiger charge is 2.43. The van der Waals surface area contributed by atoms with Gasteiger partial charge in [0.05, 0.1) is 24.8 Å². The fourth-order valence-corrected chi connectivity index (χ4v) is 5.67. The summed E-state index contributed by atoms with van der Waals surface area (Å²) < 4.78 is 8.33. The molecule has 2 unspecified atom stereocenters. The summed E-state index contributed by atoms with van der Waals surface area (Å²) >= 11 is 1.84. The molecule has 3 heterocycles. The van der Waals surface area contributed by atoms with E-state index in [-0.39, 0.29) is 0 Å². The van der Waals surface area contributed by atoms with Gasteiger partial charge < -0.3 is 10.1 Å². The third kappa shape index (κ3) is 4.49. The molecule has 0 aromatic heterocycles. The maximum absolute atomic E-state index is 8.93. The number of likely N-dealkylation sites (N-methyl/N-ethyl adjacent to an activating group) is 1. The van der Waals surface area contributed by atoms with Crippen molar-refractivity contribution in [1.29, 1.82) is 5.26 Å². The molecule has 1 aromatic carbocycles. The van der Waals surface area contributed by atoms with Gasteiger partial charge in [-0.3, -0.25) is 4.90 Å². The second-order valence-electron chi connectivity index (χ2n) is 8.29. The lowest BCUT2D eigenvalue weighted by atomic mass is 9.78. The van der Waals surface area contributed by atoms with E-state index < -0.39 is 0 Å². The molecular formula is C21H30N4OS. The van der Waals surface area contributed by atoms with E-state index in [1.165, 1.54) is 43.7 Å². The normalized spacial score (nSPS) is 29.0. The van der Waals surface area contributed by atoms with E-state index in [0.29, 0.717) is 17.5 Å². The quantitative estimate of drug-likeness (QED) is 0.803. The second-order valence-corrected chi connectivity index (χ2v) is 9.46. The van der Waals surface area contributed by atoms with Crippen LogP contribution in [0.4, 0.5) is 0 Å². The molecule has 3 aliphatic rings. The van der Waals surface area contributed by atoms with E-state index in [1.54, 1.807) is 0 Å². The lowest BCUT2D eigenvalue weighted by Gasteiger charge is -2.40. The van der Waals surface area contributed by atoms with Crippen LogP contribution in [0.2, 0.25) is 0 Å². The summed E-state index contributed by atoms with van der Waals surface area (Å²) in [5.41, 5.74) is 1.24. The van der Waals surface area contributed by atoms with Crippen molar-refractivity contribution in [1.82, 2.24) is 14.5 Å². The molecule has 0 radical (unpaired) electrons. The molecule has 4 rings (SSSR count). The molecule has 3 aliphatic heterocycles. The summed E-state index contributed by atoms with van der Waals surface area (Å²) in [4.78, 5) is 3.93. The standard InChI is InChI=1S/C21H30N4OS/c1-23-18-12-19(15-26-14-18)24-9-6-21(16-24)7-10-25(11-8-21)27-20-4-2-17(13-22)3-5-20/h2-5,18-19,23H,6-12,14-16H2,1H3. The van der Waals surface area contributed by atoms with Crippen LogP contribution in [0, 0.1) is 16.7 Å². The SMILES string of the molecule is CNC1COCC(N2CCC3(CCN(Sc4ccc(C#N)cc4)CC3)C2)C1. The van der Waals surface area contributed by atoms with Crippen LogP contribution in [0.3, 0.4) is 0 Å². The average molecular weight is 387 g/mol. The zero-order chi connectivity index (χ0) is 18.7.